The van der Waals surface area contributed by atoms with E-state index in [9.17, 15) is 4.39 Å². The van der Waals surface area contributed by atoms with Crippen molar-refractivity contribution in [1.82, 2.24) is 9.97 Å². The van der Waals surface area contributed by atoms with Crippen LogP contribution in [0.4, 0.5) is 10.1 Å². The molecule has 0 radical (unpaired) electrons. The van der Waals surface area contributed by atoms with Crippen molar-refractivity contribution in [3.8, 4) is 5.75 Å². The number of hydrogen-bond donors (Lipinski definition) is 1. The van der Waals surface area contributed by atoms with E-state index in [1.165, 1.54) is 19.2 Å². The second kappa shape index (κ2) is 5.44. The van der Waals surface area contributed by atoms with Crippen LogP contribution in [0.1, 0.15) is 11.5 Å². The number of ether oxygens (including phenoxy) is 1. The number of anilines is 1. The molecule has 1 N–H and O–H groups in total. The first kappa shape index (κ1) is 12.3. The first-order valence-corrected chi connectivity index (χ1v) is 5.55. The summed E-state index contributed by atoms with van der Waals surface area (Å²) in [4.78, 5) is 8.30. The zero-order valence-electron chi connectivity index (χ0n) is 10.3. The lowest BCUT2D eigenvalue weighted by atomic mass is 10.2. The third-order valence-electron chi connectivity index (χ3n) is 2.46. The number of hydrogen-bond acceptors (Lipinski definition) is 4. The normalized spacial score (nSPS) is 10.2. The molecule has 5 heteroatoms. The molecule has 1 aromatic heterocycles. The van der Waals surface area contributed by atoms with Crippen LogP contribution in [-0.4, -0.2) is 17.1 Å². The van der Waals surface area contributed by atoms with Crippen LogP contribution in [0.25, 0.3) is 0 Å². The molecule has 0 unspecified atom stereocenters. The van der Waals surface area contributed by atoms with E-state index >= 15 is 0 Å². The predicted octanol–water partition coefficient (Wildman–Crippen LogP) is 2.54. The van der Waals surface area contributed by atoms with Crippen molar-refractivity contribution in [1.29, 1.82) is 0 Å². The fourth-order valence-electron chi connectivity index (χ4n) is 1.60. The summed E-state index contributed by atoms with van der Waals surface area (Å²) in [6.07, 6.45) is 1.71. The van der Waals surface area contributed by atoms with Crippen LogP contribution in [0.15, 0.2) is 30.5 Å². The van der Waals surface area contributed by atoms with Crippen LogP contribution in [0.5, 0.6) is 5.75 Å². The lowest BCUT2D eigenvalue weighted by Gasteiger charge is -2.10. The smallest absolute Gasteiger partial charge is 0.144 e. The zero-order valence-corrected chi connectivity index (χ0v) is 10.3. The second-order valence-electron chi connectivity index (χ2n) is 3.79. The Balaban J connectivity index is 2.10. The van der Waals surface area contributed by atoms with E-state index in [1.807, 2.05) is 13.0 Å². The molecule has 0 amide bonds. The topological polar surface area (TPSA) is 47.0 Å². The summed E-state index contributed by atoms with van der Waals surface area (Å²) in [6.45, 7) is 2.37. The monoisotopic (exact) mass is 247 g/mol. The first-order chi connectivity index (χ1) is 8.69. The maximum atomic E-state index is 13.0. The number of aromatic nitrogens is 2. The molecule has 0 aliphatic rings. The van der Waals surface area contributed by atoms with Gasteiger partial charge in [0.2, 0.25) is 0 Å². The van der Waals surface area contributed by atoms with Gasteiger partial charge in [0.1, 0.15) is 17.4 Å². The van der Waals surface area contributed by atoms with Crippen molar-refractivity contribution >= 4 is 5.69 Å². The highest BCUT2D eigenvalue weighted by molar-refractivity contribution is 5.56. The Hall–Kier alpha value is -2.17. The number of nitrogens with zero attached hydrogens (tertiary/aromatic N) is 2. The molecule has 0 atom stereocenters. The summed E-state index contributed by atoms with van der Waals surface area (Å²) in [7, 11) is 1.51. The number of aryl methyl sites for hydroxylation is 1. The molecule has 0 saturated heterocycles. The molecular weight excluding hydrogens is 233 g/mol. The van der Waals surface area contributed by atoms with Gasteiger partial charge in [0.25, 0.3) is 0 Å². The van der Waals surface area contributed by atoms with Crippen molar-refractivity contribution in [3.63, 3.8) is 0 Å². The molecule has 2 aromatic rings. The van der Waals surface area contributed by atoms with Gasteiger partial charge in [-0.2, -0.15) is 0 Å². The summed E-state index contributed by atoms with van der Waals surface area (Å²) in [6, 6.07) is 6.20. The van der Waals surface area contributed by atoms with Crippen molar-refractivity contribution in [2.24, 2.45) is 0 Å². The highest BCUT2D eigenvalue weighted by atomic mass is 19.1. The lowest BCUT2D eigenvalue weighted by molar-refractivity contribution is 0.413. The van der Waals surface area contributed by atoms with Crippen LogP contribution in [0, 0.1) is 12.7 Å². The van der Waals surface area contributed by atoms with Gasteiger partial charge in [0.15, 0.2) is 0 Å². The minimum atomic E-state index is -0.324. The maximum absolute atomic E-state index is 13.0. The minimum absolute atomic E-state index is 0.324. The standard InChI is InChI=1S/C13H14FN3O/c1-9-15-6-5-11(17-9)8-16-12-4-3-10(14)7-13(12)18-2/h3-7,16H,8H2,1-2H3. The van der Waals surface area contributed by atoms with Gasteiger partial charge in [0, 0.05) is 12.3 Å². The number of rotatable bonds is 4. The molecule has 0 spiro atoms. The Morgan fingerprint density at radius 3 is 2.89 bits per heavy atom. The van der Waals surface area contributed by atoms with Crippen LogP contribution >= 0.6 is 0 Å². The van der Waals surface area contributed by atoms with Gasteiger partial charge in [0.05, 0.1) is 25.0 Å². The molecule has 2 rings (SSSR count). The Labute approximate surface area is 105 Å². The fraction of sp³-hybridized carbons (Fsp3) is 0.231. The first-order valence-electron chi connectivity index (χ1n) is 5.55. The second-order valence-corrected chi connectivity index (χ2v) is 3.79. The van der Waals surface area contributed by atoms with Crippen LogP contribution in [0.3, 0.4) is 0 Å². The largest absolute Gasteiger partial charge is 0.494 e. The van der Waals surface area contributed by atoms with E-state index in [0.29, 0.717) is 12.3 Å². The van der Waals surface area contributed by atoms with Crippen molar-refractivity contribution in [3.05, 3.63) is 47.8 Å². The van der Waals surface area contributed by atoms with Crippen LogP contribution < -0.4 is 10.1 Å². The van der Waals surface area contributed by atoms with Gasteiger partial charge >= 0.3 is 0 Å². The Morgan fingerprint density at radius 1 is 1.33 bits per heavy atom. The van der Waals surface area contributed by atoms with Crippen molar-refractivity contribution in [2.75, 3.05) is 12.4 Å². The number of benzene rings is 1. The molecule has 18 heavy (non-hydrogen) atoms. The van der Waals surface area contributed by atoms with Crippen LogP contribution in [0.2, 0.25) is 0 Å². The van der Waals surface area contributed by atoms with E-state index < -0.39 is 0 Å². The average molecular weight is 247 g/mol. The van der Waals surface area contributed by atoms with Gasteiger partial charge in [-0.1, -0.05) is 0 Å². The molecule has 4 nitrogen and oxygen atoms in total. The van der Waals surface area contributed by atoms with Crippen LogP contribution in [-0.2, 0) is 6.54 Å². The number of methoxy groups -OCH3 is 1. The SMILES string of the molecule is COc1cc(F)ccc1NCc1ccnc(C)n1. The fourth-order valence-corrected chi connectivity index (χ4v) is 1.60. The predicted molar refractivity (Wildman–Crippen MR) is 67.0 cm³/mol. The van der Waals surface area contributed by atoms with Gasteiger partial charge in [-0.3, -0.25) is 0 Å². The molecule has 0 saturated carbocycles. The van der Waals surface area contributed by atoms with E-state index in [0.717, 1.165) is 17.2 Å². The molecule has 1 aromatic carbocycles. The molecule has 94 valence electrons. The molecular formula is C13H14FN3O. The summed E-state index contributed by atoms with van der Waals surface area (Å²) < 4.78 is 18.1. The van der Waals surface area contributed by atoms with Gasteiger partial charge < -0.3 is 10.1 Å². The maximum Gasteiger partial charge on any atom is 0.144 e. The van der Waals surface area contributed by atoms with Crippen molar-refractivity contribution in [2.45, 2.75) is 13.5 Å². The summed E-state index contributed by atoms with van der Waals surface area (Å²) in [5, 5.41) is 3.15. The van der Waals surface area contributed by atoms with Gasteiger partial charge in [-0.05, 0) is 25.1 Å². The molecule has 0 aliphatic carbocycles. The van der Waals surface area contributed by atoms with E-state index in [2.05, 4.69) is 15.3 Å². The Morgan fingerprint density at radius 2 is 2.17 bits per heavy atom. The molecule has 0 bridgehead atoms. The number of halogens is 1. The molecule has 0 aliphatic heterocycles. The Kier molecular flexibility index (Phi) is 3.72. The summed E-state index contributed by atoms with van der Waals surface area (Å²) in [5.74, 6) is 0.872. The Bertz CT molecular complexity index is 546. The van der Waals surface area contributed by atoms with E-state index in [1.54, 1.807) is 12.3 Å². The summed E-state index contributed by atoms with van der Waals surface area (Å²) in [5.41, 5.74) is 1.60. The average Bonchev–Trinajstić information content (AvgIpc) is 2.37. The van der Waals surface area contributed by atoms with E-state index in [-0.39, 0.29) is 5.82 Å². The van der Waals surface area contributed by atoms with Gasteiger partial charge in [-0.25, -0.2) is 14.4 Å². The molecule has 0 fully saturated rings. The zero-order chi connectivity index (χ0) is 13.0. The third-order valence-corrected chi connectivity index (χ3v) is 2.46. The minimum Gasteiger partial charge on any atom is -0.494 e. The highest BCUT2D eigenvalue weighted by Gasteiger charge is 2.04. The third kappa shape index (κ3) is 2.94. The van der Waals surface area contributed by atoms with E-state index in [4.69, 9.17) is 4.74 Å². The quantitative estimate of drug-likeness (QED) is 0.902. The van der Waals surface area contributed by atoms with Crippen molar-refractivity contribution < 1.29 is 9.13 Å². The van der Waals surface area contributed by atoms with Gasteiger partial charge in [-0.15, -0.1) is 0 Å². The number of nitrogens with one attached hydrogen (secondary N) is 1. The summed E-state index contributed by atoms with van der Waals surface area (Å²) >= 11 is 0. The molecule has 1 heterocycles. The highest BCUT2D eigenvalue weighted by Crippen LogP contribution is 2.25. The lowest BCUT2D eigenvalue weighted by Crippen LogP contribution is -2.04.